The van der Waals surface area contributed by atoms with Gasteiger partial charge in [0.05, 0.1) is 19.3 Å². The fourth-order valence-corrected chi connectivity index (χ4v) is 2.73. The van der Waals surface area contributed by atoms with Gasteiger partial charge in [-0.2, -0.15) is 0 Å². The Morgan fingerprint density at radius 2 is 1.89 bits per heavy atom. The second-order valence-electron chi connectivity index (χ2n) is 5.00. The molecule has 2 atom stereocenters. The summed E-state index contributed by atoms with van der Waals surface area (Å²) >= 11 is 0. The highest BCUT2D eigenvalue weighted by atomic mass is 16.5. The van der Waals surface area contributed by atoms with E-state index in [1.165, 1.54) is 10.9 Å². The fourth-order valence-electron chi connectivity index (χ4n) is 2.73. The van der Waals surface area contributed by atoms with Gasteiger partial charge in [0, 0.05) is 18.5 Å². The Hall–Kier alpha value is -1.58. The molecule has 0 bridgehead atoms. The monoisotopic (exact) mass is 257 g/mol. The predicted octanol–water partition coefficient (Wildman–Crippen LogP) is 2.90. The molecule has 0 amide bonds. The van der Waals surface area contributed by atoms with Crippen LogP contribution in [0.4, 0.5) is 0 Å². The smallest absolute Gasteiger partial charge is 0.126 e. The molecule has 0 saturated carbocycles. The normalized spacial score (nSPS) is 23.5. The Morgan fingerprint density at radius 3 is 2.63 bits per heavy atom. The van der Waals surface area contributed by atoms with Gasteiger partial charge in [-0.25, -0.2) is 0 Å². The van der Waals surface area contributed by atoms with E-state index in [0.717, 1.165) is 24.2 Å². The second kappa shape index (κ2) is 5.19. The van der Waals surface area contributed by atoms with E-state index in [1.54, 1.807) is 7.11 Å². The molecule has 0 radical (unpaired) electrons. The molecule has 1 N–H and O–H groups in total. The van der Waals surface area contributed by atoms with Crippen molar-refractivity contribution in [2.24, 2.45) is 0 Å². The van der Waals surface area contributed by atoms with Crippen LogP contribution in [-0.4, -0.2) is 26.3 Å². The number of fused-ring (bicyclic) bond motifs is 1. The van der Waals surface area contributed by atoms with Crippen LogP contribution < -0.4 is 10.1 Å². The summed E-state index contributed by atoms with van der Waals surface area (Å²) in [7, 11) is 1.71. The van der Waals surface area contributed by atoms with Crippen molar-refractivity contribution in [3.05, 3.63) is 42.0 Å². The number of morpholine rings is 1. The van der Waals surface area contributed by atoms with Crippen LogP contribution in [0.15, 0.2) is 36.4 Å². The predicted molar refractivity (Wildman–Crippen MR) is 76.7 cm³/mol. The van der Waals surface area contributed by atoms with Crippen LogP contribution in [0.3, 0.4) is 0 Å². The molecule has 19 heavy (non-hydrogen) atoms. The van der Waals surface area contributed by atoms with Gasteiger partial charge in [0.25, 0.3) is 0 Å². The van der Waals surface area contributed by atoms with Crippen LogP contribution >= 0.6 is 0 Å². The molecular weight excluding hydrogens is 238 g/mol. The van der Waals surface area contributed by atoms with Gasteiger partial charge in [0.1, 0.15) is 5.75 Å². The maximum Gasteiger partial charge on any atom is 0.126 e. The molecule has 100 valence electrons. The summed E-state index contributed by atoms with van der Waals surface area (Å²) in [5, 5.41) is 5.77. The summed E-state index contributed by atoms with van der Waals surface area (Å²) in [6.07, 6.45) is 0.360. The van der Waals surface area contributed by atoms with Crippen LogP contribution in [0.25, 0.3) is 10.8 Å². The number of methoxy groups -OCH3 is 1. The first kappa shape index (κ1) is 12.5. The van der Waals surface area contributed by atoms with E-state index in [0.29, 0.717) is 0 Å². The molecular formula is C16H19NO2. The molecule has 0 spiro atoms. The minimum absolute atomic E-state index is 0.111. The van der Waals surface area contributed by atoms with Crippen molar-refractivity contribution in [1.29, 1.82) is 0 Å². The Morgan fingerprint density at radius 1 is 1.11 bits per heavy atom. The van der Waals surface area contributed by atoms with Crippen LogP contribution in [0, 0.1) is 0 Å². The van der Waals surface area contributed by atoms with E-state index in [-0.39, 0.29) is 12.2 Å². The highest BCUT2D eigenvalue weighted by Gasteiger charge is 2.22. The lowest BCUT2D eigenvalue weighted by Gasteiger charge is -2.30. The first-order valence-electron chi connectivity index (χ1n) is 6.71. The average molecular weight is 257 g/mol. The number of rotatable bonds is 2. The third-order valence-corrected chi connectivity index (χ3v) is 3.64. The highest BCUT2D eigenvalue weighted by molar-refractivity contribution is 5.91. The fraction of sp³-hybridized carbons (Fsp3) is 0.375. The van der Waals surface area contributed by atoms with Gasteiger partial charge < -0.3 is 14.8 Å². The summed E-state index contributed by atoms with van der Waals surface area (Å²) < 4.78 is 11.5. The van der Waals surface area contributed by atoms with Crippen molar-refractivity contribution in [1.82, 2.24) is 5.32 Å². The molecule has 0 aliphatic carbocycles. The quantitative estimate of drug-likeness (QED) is 0.897. The molecule has 1 aliphatic rings. The van der Waals surface area contributed by atoms with Gasteiger partial charge in [-0.1, -0.05) is 30.3 Å². The molecule has 3 rings (SSSR count). The van der Waals surface area contributed by atoms with Gasteiger partial charge in [0.15, 0.2) is 0 Å². The number of hydrogen-bond acceptors (Lipinski definition) is 3. The van der Waals surface area contributed by atoms with Crippen molar-refractivity contribution in [2.75, 3.05) is 20.2 Å². The molecule has 2 unspecified atom stereocenters. The highest BCUT2D eigenvalue weighted by Crippen LogP contribution is 2.33. The van der Waals surface area contributed by atoms with Crippen LogP contribution in [-0.2, 0) is 4.74 Å². The van der Waals surface area contributed by atoms with Crippen molar-refractivity contribution >= 4 is 10.8 Å². The van der Waals surface area contributed by atoms with E-state index in [4.69, 9.17) is 9.47 Å². The van der Waals surface area contributed by atoms with Gasteiger partial charge in [-0.15, -0.1) is 0 Å². The third kappa shape index (κ3) is 2.31. The van der Waals surface area contributed by atoms with Gasteiger partial charge in [-0.3, -0.25) is 0 Å². The second-order valence-corrected chi connectivity index (χ2v) is 5.00. The van der Waals surface area contributed by atoms with E-state index in [2.05, 4.69) is 36.5 Å². The molecule has 1 aliphatic heterocycles. The Kier molecular flexibility index (Phi) is 3.40. The van der Waals surface area contributed by atoms with Gasteiger partial charge in [0.2, 0.25) is 0 Å². The first-order valence-corrected chi connectivity index (χ1v) is 6.71. The number of hydrogen-bond donors (Lipinski definition) is 1. The van der Waals surface area contributed by atoms with E-state index < -0.39 is 0 Å². The van der Waals surface area contributed by atoms with Crippen molar-refractivity contribution in [3.8, 4) is 5.75 Å². The van der Waals surface area contributed by atoms with Crippen molar-refractivity contribution in [3.63, 3.8) is 0 Å². The minimum atomic E-state index is 0.111. The average Bonchev–Trinajstić information content (AvgIpc) is 2.46. The first-order chi connectivity index (χ1) is 9.29. The van der Waals surface area contributed by atoms with Crippen LogP contribution in [0.2, 0.25) is 0 Å². The van der Waals surface area contributed by atoms with Crippen molar-refractivity contribution < 1.29 is 9.47 Å². The maximum absolute atomic E-state index is 6.05. The number of benzene rings is 2. The largest absolute Gasteiger partial charge is 0.496 e. The van der Waals surface area contributed by atoms with Crippen LogP contribution in [0.1, 0.15) is 18.6 Å². The lowest BCUT2D eigenvalue weighted by atomic mass is 9.98. The Bertz CT molecular complexity index is 582. The summed E-state index contributed by atoms with van der Waals surface area (Å²) in [6.45, 7) is 3.89. The zero-order chi connectivity index (χ0) is 13.2. The summed E-state index contributed by atoms with van der Waals surface area (Å²) in [4.78, 5) is 0. The van der Waals surface area contributed by atoms with Crippen LogP contribution in [0.5, 0.6) is 5.75 Å². The molecule has 0 aromatic heterocycles. The third-order valence-electron chi connectivity index (χ3n) is 3.64. The van der Waals surface area contributed by atoms with E-state index >= 15 is 0 Å². The van der Waals surface area contributed by atoms with E-state index in [1.807, 2.05) is 12.1 Å². The molecule has 1 saturated heterocycles. The topological polar surface area (TPSA) is 30.5 Å². The zero-order valence-corrected chi connectivity index (χ0v) is 11.3. The summed E-state index contributed by atoms with van der Waals surface area (Å²) in [5.41, 5.74) is 1.23. The molecule has 3 nitrogen and oxygen atoms in total. The molecule has 2 aromatic rings. The summed E-state index contributed by atoms with van der Waals surface area (Å²) in [6, 6.07) is 12.5. The number of ether oxygens (including phenoxy) is 2. The SMILES string of the molecule is COc1ccc(C2CNCC(C)O2)c2ccccc12. The number of nitrogens with one attached hydrogen (secondary N) is 1. The lowest BCUT2D eigenvalue weighted by Crippen LogP contribution is -2.38. The molecule has 1 fully saturated rings. The Balaban J connectivity index is 2.09. The minimum Gasteiger partial charge on any atom is -0.496 e. The summed E-state index contributed by atoms with van der Waals surface area (Å²) in [5.74, 6) is 0.913. The zero-order valence-electron chi connectivity index (χ0n) is 11.3. The van der Waals surface area contributed by atoms with E-state index in [9.17, 15) is 0 Å². The van der Waals surface area contributed by atoms with Gasteiger partial charge in [-0.05, 0) is 23.9 Å². The van der Waals surface area contributed by atoms with Crippen molar-refractivity contribution in [2.45, 2.75) is 19.1 Å². The molecule has 3 heteroatoms. The maximum atomic E-state index is 6.05. The Labute approximate surface area is 113 Å². The van der Waals surface area contributed by atoms with Gasteiger partial charge >= 0.3 is 0 Å². The lowest BCUT2D eigenvalue weighted by molar-refractivity contribution is -0.0279. The molecule has 1 heterocycles. The standard InChI is InChI=1S/C16H19NO2/c1-11-9-17-10-16(19-11)14-7-8-15(18-2)13-6-4-3-5-12(13)14/h3-8,11,16-17H,9-10H2,1-2H3. The molecule has 2 aromatic carbocycles.